The molecule has 0 bridgehead atoms. The van der Waals surface area contributed by atoms with Crippen LogP contribution in [0.3, 0.4) is 0 Å². The first-order valence-electron chi connectivity index (χ1n) is 0.908. The van der Waals surface area contributed by atoms with Gasteiger partial charge in [0, 0.05) is 6.26 Å². The molecule has 1 radical (unpaired) electrons. The molecule has 0 aliphatic carbocycles. The van der Waals surface area contributed by atoms with Gasteiger partial charge in [-0.3, -0.25) is 0 Å². The summed E-state index contributed by atoms with van der Waals surface area (Å²) in [6.07, 6.45) is 0.604. The molecule has 6 heavy (non-hydrogen) atoms. The van der Waals surface area contributed by atoms with Gasteiger partial charge in [0.15, 0.2) is 0 Å². The quantitative estimate of drug-likeness (QED) is 0.514. The van der Waals surface area contributed by atoms with Crippen LogP contribution in [-0.2, 0) is 10.1 Å². The standard InChI is InChI=1S/CH4O3S.Ce/c1-5(2,3)4;/h1H3,(H,2,3,4);/q;+3/p-1. The van der Waals surface area contributed by atoms with E-state index in [1.54, 1.807) is 0 Å². The Balaban J connectivity index is 0. The van der Waals surface area contributed by atoms with E-state index >= 15 is 0 Å². The van der Waals surface area contributed by atoms with Crippen molar-refractivity contribution in [3.05, 3.63) is 0 Å². The maximum Gasteiger partial charge on any atom is 3.00 e. The average Bonchev–Trinajstić information content (AvgIpc) is 0.722. The third-order valence-electron chi connectivity index (χ3n) is 0. The summed E-state index contributed by atoms with van der Waals surface area (Å²) in [6.45, 7) is 0. The molecule has 5 heteroatoms. The van der Waals surface area contributed by atoms with Crippen LogP contribution in [0.2, 0.25) is 0 Å². The molecule has 0 fully saturated rings. The van der Waals surface area contributed by atoms with Gasteiger partial charge in [0.05, 0.1) is 10.1 Å². The van der Waals surface area contributed by atoms with Crippen molar-refractivity contribution in [3.63, 3.8) is 0 Å². The van der Waals surface area contributed by atoms with Gasteiger partial charge in [-0.15, -0.1) is 0 Å². The smallest absolute Gasteiger partial charge is 0.748 e. The molecule has 0 saturated heterocycles. The van der Waals surface area contributed by atoms with E-state index in [1.165, 1.54) is 0 Å². The Kier molecular flexibility index (Phi) is 5.68. The summed E-state index contributed by atoms with van der Waals surface area (Å²) in [4.78, 5) is 0. The first kappa shape index (κ1) is 10.3. The van der Waals surface area contributed by atoms with Gasteiger partial charge in [0.25, 0.3) is 0 Å². The van der Waals surface area contributed by atoms with Crippen molar-refractivity contribution < 1.29 is 54.7 Å². The molecule has 3 nitrogen and oxygen atoms in total. The Hall–Kier alpha value is 1.29. The fourth-order valence-corrected chi connectivity index (χ4v) is 0. The minimum absolute atomic E-state index is 0. The van der Waals surface area contributed by atoms with E-state index in [1.807, 2.05) is 0 Å². The summed E-state index contributed by atoms with van der Waals surface area (Å²) < 4.78 is 27.2. The van der Waals surface area contributed by atoms with Crippen LogP contribution in [0.25, 0.3) is 0 Å². The topological polar surface area (TPSA) is 57.2 Å². The number of rotatable bonds is 0. The van der Waals surface area contributed by atoms with E-state index in [-0.39, 0.29) is 41.7 Å². The molecule has 0 aliphatic rings. The third kappa shape index (κ3) is 58.7. The number of hydrogen-bond donors (Lipinski definition) is 0. The van der Waals surface area contributed by atoms with Crippen LogP contribution >= 0.6 is 0 Å². The monoisotopic (exact) mass is 235 g/mol. The first-order valence-corrected chi connectivity index (χ1v) is 2.72. The molecule has 0 aromatic heterocycles. The van der Waals surface area contributed by atoms with Crippen LogP contribution in [-0.4, -0.2) is 19.2 Å². The Labute approximate surface area is 70.3 Å². The minimum atomic E-state index is -3.92. The predicted molar refractivity (Wildman–Crippen MR) is 15.6 cm³/mol. The second-order valence-corrected chi connectivity index (χ2v) is 2.11. The Morgan fingerprint density at radius 3 is 1.50 bits per heavy atom. The Morgan fingerprint density at radius 2 is 1.50 bits per heavy atom. The molecule has 0 aromatic carbocycles. The van der Waals surface area contributed by atoms with Gasteiger partial charge in [0.2, 0.25) is 0 Å². The molecule has 0 N–H and O–H groups in total. The molecule has 0 saturated carbocycles. The molecule has 0 heterocycles. The van der Waals surface area contributed by atoms with E-state index < -0.39 is 10.1 Å². The van der Waals surface area contributed by atoms with Crippen LogP contribution in [0.15, 0.2) is 0 Å². The van der Waals surface area contributed by atoms with Crippen LogP contribution < -0.4 is 0 Å². The second-order valence-electron chi connectivity index (χ2n) is 0.704. The van der Waals surface area contributed by atoms with Crippen molar-refractivity contribution in [1.29, 1.82) is 0 Å². The molecule has 0 aliphatic heterocycles. The molecular weight excluding hydrogens is 232 g/mol. The molecule has 0 rings (SSSR count). The van der Waals surface area contributed by atoms with E-state index in [2.05, 4.69) is 0 Å². The van der Waals surface area contributed by atoms with Gasteiger partial charge in [-0.2, -0.15) is 0 Å². The van der Waals surface area contributed by atoms with Crippen LogP contribution in [0.5, 0.6) is 0 Å². The summed E-state index contributed by atoms with van der Waals surface area (Å²) in [6, 6.07) is 0. The van der Waals surface area contributed by atoms with Crippen molar-refractivity contribution in [1.82, 2.24) is 0 Å². The predicted octanol–water partition coefficient (Wildman–Crippen LogP) is -0.839. The zero-order valence-electron chi connectivity index (χ0n) is 3.13. The normalized spacial score (nSPS) is 9.67. The summed E-state index contributed by atoms with van der Waals surface area (Å²) in [5.74, 6) is 0. The maximum atomic E-state index is 9.08. The van der Waals surface area contributed by atoms with Crippen molar-refractivity contribution in [2.45, 2.75) is 0 Å². The largest absolute Gasteiger partial charge is 3.00 e. The Bertz CT molecular complexity index is 94.0. The van der Waals surface area contributed by atoms with Gasteiger partial charge in [-0.1, -0.05) is 0 Å². The summed E-state index contributed by atoms with van der Waals surface area (Å²) in [5.41, 5.74) is 0. The van der Waals surface area contributed by atoms with Gasteiger partial charge in [-0.25, -0.2) is 8.42 Å². The Morgan fingerprint density at radius 1 is 1.50 bits per heavy atom. The van der Waals surface area contributed by atoms with E-state index in [0.29, 0.717) is 6.26 Å². The fraction of sp³-hybridized carbons (Fsp3) is 1.00. The molecule has 0 atom stereocenters. The van der Waals surface area contributed by atoms with Crippen molar-refractivity contribution >= 4 is 10.1 Å². The minimum Gasteiger partial charge on any atom is -0.748 e. The third-order valence-corrected chi connectivity index (χ3v) is 0. The molecule has 0 amide bonds. The number of hydrogen-bond acceptors (Lipinski definition) is 3. The summed E-state index contributed by atoms with van der Waals surface area (Å²) in [5, 5.41) is 0. The van der Waals surface area contributed by atoms with Crippen LogP contribution in [0.4, 0.5) is 0 Å². The van der Waals surface area contributed by atoms with E-state index in [4.69, 9.17) is 13.0 Å². The second kappa shape index (κ2) is 3.31. The first-order chi connectivity index (χ1) is 2.00. The molecule has 0 aromatic rings. The van der Waals surface area contributed by atoms with Crippen molar-refractivity contribution in [2.75, 3.05) is 6.26 Å². The van der Waals surface area contributed by atoms with E-state index in [0.717, 1.165) is 0 Å². The van der Waals surface area contributed by atoms with Crippen molar-refractivity contribution in [3.8, 4) is 0 Å². The molecule has 0 unspecified atom stereocenters. The molecular formula is CH3CeO3S+2. The van der Waals surface area contributed by atoms with Crippen molar-refractivity contribution in [2.24, 2.45) is 0 Å². The van der Waals surface area contributed by atoms with Gasteiger partial charge in [-0.05, 0) is 0 Å². The maximum absolute atomic E-state index is 9.08. The molecule has 0 spiro atoms. The van der Waals surface area contributed by atoms with Crippen LogP contribution in [0.1, 0.15) is 0 Å². The van der Waals surface area contributed by atoms with Crippen LogP contribution in [0, 0.1) is 41.7 Å². The average molecular weight is 235 g/mol. The summed E-state index contributed by atoms with van der Waals surface area (Å²) in [7, 11) is -3.92. The van der Waals surface area contributed by atoms with E-state index in [9.17, 15) is 0 Å². The zero-order chi connectivity index (χ0) is 4.50. The summed E-state index contributed by atoms with van der Waals surface area (Å²) >= 11 is 0. The van der Waals surface area contributed by atoms with Gasteiger partial charge >= 0.3 is 41.7 Å². The SMILES string of the molecule is CS(=O)(=O)[O-].[Ce+3]. The molecule has 33 valence electrons. The van der Waals surface area contributed by atoms with Gasteiger partial charge < -0.3 is 4.55 Å². The fourth-order valence-electron chi connectivity index (χ4n) is 0. The zero-order valence-corrected chi connectivity index (χ0v) is 7.09. The van der Waals surface area contributed by atoms with Gasteiger partial charge in [0.1, 0.15) is 0 Å².